The molecule has 0 bridgehead atoms. The van der Waals surface area contributed by atoms with Gasteiger partial charge in [0.25, 0.3) is 11.8 Å². The number of amides is 4. The van der Waals surface area contributed by atoms with Crippen LogP contribution in [0.4, 0.5) is 22.7 Å². The van der Waals surface area contributed by atoms with Crippen molar-refractivity contribution in [2.24, 2.45) is 0 Å². The number of hydrogen-bond acceptors (Lipinski definition) is 8. The Morgan fingerprint density at radius 3 is 2.40 bits per heavy atom. The van der Waals surface area contributed by atoms with E-state index < -0.39 is 6.04 Å². The van der Waals surface area contributed by atoms with E-state index in [9.17, 15) is 19.2 Å². The van der Waals surface area contributed by atoms with Gasteiger partial charge in [-0.3, -0.25) is 24.5 Å². The summed E-state index contributed by atoms with van der Waals surface area (Å²) in [7, 11) is 2.05. The first kappa shape index (κ1) is 31.6. The van der Waals surface area contributed by atoms with Gasteiger partial charge in [0.15, 0.2) is 6.29 Å². The molecule has 3 aromatic rings. The summed E-state index contributed by atoms with van der Waals surface area (Å²) in [4.78, 5) is 61.4. The highest BCUT2D eigenvalue weighted by Crippen LogP contribution is 2.48. The molecule has 0 spiro atoms. The molecular weight excluding hydrogens is 698 g/mol. The quantitative estimate of drug-likeness (QED) is 0.372. The summed E-state index contributed by atoms with van der Waals surface area (Å²) < 4.78 is 0.798. The number of halogens is 1. The van der Waals surface area contributed by atoms with Crippen LogP contribution in [0.1, 0.15) is 76.3 Å². The predicted molar refractivity (Wildman–Crippen MR) is 194 cm³/mol. The lowest BCUT2D eigenvalue weighted by atomic mass is 9.86. The van der Waals surface area contributed by atoms with Crippen LogP contribution in [0.3, 0.4) is 0 Å². The summed E-state index contributed by atoms with van der Waals surface area (Å²) in [5, 5.41) is 5.57. The molecule has 50 heavy (non-hydrogen) atoms. The summed E-state index contributed by atoms with van der Waals surface area (Å²) >= 11 is 3.57. The Hall–Kier alpha value is -4.42. The van der Waals surface area contributed by atoms with Gasteiger partial charge in [0.05, 0.1) is 22.6 Å². The van der Waals surface area contributed by atoms with E-state index in [4.69, 9.17) is 0 Å². The molecule has 6 aliphatic rings. The summed E-state index contributed by atoms with van der Waals surface area (Å²) in [6.07, 6.45) is 4.83. The van der Waals surface area contributed by atoms with Gasteiger partial charge in [-0.1, -0.05) is 18.2 Å². The summed E-state index contributed by atoms with van der Waals surface area (Å²) in [5.41, 5.74) is 7.97. The molecule has 9 rings (SSSR count). The first-order chi connectivity index (χ1) is 24.2. The van der Waals surface area contributed by atoms with Gasteiger partial charge in [0.2, 0.25) is 11.8 Å². The standard InChI is InChI=1S/C38H40BrN7O4/c1-42-32-20-26(6-8-29(32)46-30-4-2-3-28(39)34(30)36(49)41-38(42)46)44-17-13-25(14-18-44)43-15-11-22(12-16-43)23-5-7-27-24(19-23)21-45(37(27)50)31-9-10-33(47)40-35(31)48/h2-8,19-20,22,25,31,38H,9-18,21H2,1H3,(H,41,49)(H,40,47,48). The number of piperidine rings is 3. The summed E-state index contributed by atoms with van der Waals surface area (Å²) in [6, 6.07) is 18.8. The van der Waals surface area contributed by atoms with Crippen LogP contribution in [-0.2, 0) is 16.1 Å². The number of fused-ring (bicyclic) bond motifs is 6. The van der Waals surface area contributed by atoms with Gasteiger partial charge in [-0.25, -0.2) is 0 Å². The van der Waals surface area contributed by atoms with Crippen LogP contribution < -0.4 is 25.3 Å². The third-order valence-corrected chi connectivity index (χ3v) is 12.5. The highest BCUT2D eigenvalue weighted by Gasteiger charge is 2.43. The third kappa shape index (κ3) is 5.09. The molecule has 6 heterocycles. The number of anilines is 4. The number of likely N-dealkylation sites (tertiary alicyclic amines) is 1. The Bertz CT molecular complexity index is 1940. The molecule has 0 aromatic heterocycles. The second-order valence-corrected chi connectivity index (χ2v) is 15.3. The second kappa shape index (κ2) is 12.1. The van der Waals surface area contributed by atoms with Crippen LogP contribution in [0.2, 0.25) is 0 Å². The lowest BCUT2D eigenvalue weighted by Crippen LogP contribution is -2.55. The molecule has 0 radical (unpaired) electrons. The van der Waals surface area contributed by atoms with E-state index in [-0.39, 0.29) is 36.3 Å². The zero-order valence-corrected chi connectivity index (χ0v) is 29.6. The molecule has 12 heteroatoms. The maximum absolute atomic E-state index is 13.2. The maximum atomic E-state index is 13.2. The number of carbonyl (C=O) groups excluding carboxylic acids is 4. The van der Waals surface area contributed by atoms with Crippen molar-refractivity contribution in [3.8, 4) is 0 Å². The number of nitrogens with one attached hydrogen (secondary N) is 2. The zero-order chi connectivity index (χ0) is 34.3. The van der Waals surface area contributed by atoms with Crippen molar-refractivity contribution in [3.05, 3.63) is 81.3 Å². The van der Waals surface area contributed by atoms with E-state index in [2.05, 4.69) is 76.5 Å². The number of imide groups is 1. The predicted octanol–water partition coefficient (Wildman–Crippen LogP) is 4.67. The number of nitrogens with zero attached hydrogens (tertiary/aromatic N) is 5. The van der Waals surface area contributed by atoms with Crippen molar-refractivity contribution in [3.63, 3.8) is 0 Å². The Morgan fingerprint density at radius 1 is 0.820 bits per heavy atom. The topological polar surface area (TPSA) is 109 Å². The van der Waals surface area contributed by atoms with E-state index in [1.165, 1.54) is 11.3 Å². The van der Waals surface area contributed by atoms with Crippen molar-refractivity contribution in [2.75, 3.05) is 47.9 Å². The molecular formula is C38H40BrN7O4. The minimum atomic E-state index is -0.581. The summed E-state index contributed by atoms with van der Waals surface area (Å²) in [6.45, 7) is 4.58. The molecule has 3 aromatic carbocycles. The lowest BCUT2D eigenvalue weighted by Gasteiger charge is -2.42. The Labute approximate surface area is 299 Å². The lowest BCUT2D eigenvalue weighted by molar-refractivity contribution is -0.136. The van der Waals surface area contributed by atoms with Gasteiger partial charge in [-0.05, 0) is 115 Å². The largest absolute Gasteiger partial charge is 0.371 e. The van der Waals surface area contributed by atoms with Crippen LogP contribution in [0.15, 0.2) is 59.1 Å². The normalized spacial score (nSPS) is 24.2. The fraction of sp³-hybridized carbons (Fsp3) is 0.421. The third-order valence-electron chi connectivity index (χ3n) is 11.8. The second-order valence-electron chi connectivity index (χ2n) is 14.5. The van der Waals surface area contributed by atoms with E-state index >= 15 is 0 Å². The monoisotopic (exact) mass is 737 g/mol. The van der Waals surface area contributed by atoms with Crippen molar-refractivity contribution in [2.45, 2.75) is 69.4 Å². The van der Waals surface area contributed by atoms with E-state index in [0.717, 1.165) is 79.0 Å². The van der Waals surface area contributed by atoms with Crippen LogP contribution in [0.25, 0.3) is 0 Å². The molecule has 3 fully saturated rings. The minimum Gasteiger partial charge on any atom is -0.371 e. The van der Waals surface area contributed by atoms with Gasteiger partial charge >= 0.3 is 0 Å². The van der Waals surface area contributed by atoms with Crippen molar-refractivity contribution in [1.82, 2.24) is 20.4 Å². The molecule has 2 N–H and O–H groups in total. The number of carbonyl (C=O) groups is 4. The Balaban J connectivity index is 0.815. The van der Waals surface area contributed by atoms with Gasteiger partial charge < -0.3 is 29.8 Å². The Morgan fingerprint density at radius 2 is 1.62 bits per heavy atom. The van der Waals surface area contributed by atoms with Crippen LogP contribution in [-0.4, -0.2) is 85.0 Å². The highest BCUT2D eigenvalue weighted by molar-refractivity contribution is 9.10. The van der Waals surface area contributed by atoms with E-state index in [1.54, 1.807) is 4.90 Å². The minimum absolute atomic E-state index is 0.0677. The number of hydrogen-bond donors (Lipinski definition) is 2. The van der Waals surface area contributed by atoms with Crippen molar-refractivity contribution < 1.29 is 19.2 Å². The first-order valence-electron chi connectivity index (χ1n) is 17.8. The van der Waals surface area contributed by atoms with E-state index in [1.807, 2.05) is 31.3 Å². The maximum Gasteiger partial charge on any atom is 0.257 e. The van der Waals surface area contributed by atoms with Gasteiger partial charge in [-0.15, -0.1) is 0 Å². The van der Waals surface area contributed by atoms with Crippen molar-refractivity contribution >= 4 is 62.3 Å². The van der Waals surface area contributed by atoms with Crippen LogP contribution in [0.5, 0.6) is 0 Å². The van der Waals surface area contributed by atoms with E-state index in [0.29, 0.717) is 36.1 Å². The van der Waals surface area contributed by atoms with Crippen LogP contribution >= 0.6 is 15.9 Å². The number of benzene rings is 3. The average Bonchev–Trinajstić information content (AvgIpc) is 3.60. The Kier molecular flexibility index (Phi) is 7.65. The molecule has 3 saturated heterocycles. The van der Waals surface area contributed by atoms with Crippen LogP contribution in [0, 0.1) is 0 Å². The molecule has 0 saturated carbocycles. The molecule has 0 aliphatic carbocycles. The first-order valence-corrected chi connectivity index (χ1v) is 18.6. The molecule has 6 aliphatic heterocycles. The molecule has 4 amide bonds. The average molecular weight is 739 g/mol. The van der Waals surface area contributed by atoms with Crippen molar-refractivity contribution in [1.29, 1.82) is 0 Å². The highest BCUT2D eigenvalue weighted by atomic mass is 79.9. The van der Waals surface area contributed by atoms with Gasteiger partial charge in [-0.2, -0.15) is 0 Å². The van der Waals surface area contributed by atoms with Gasteiger partial charge in [0.1, 0.15) is 6.04 Å². The molecule has 11 nitrogen and oxygen atoms in total. The molecule has 258 valence electrons. The number of rotatable bonds is 4. The molecule has 2 atom stereocenters. The SMILES string of the molecule is CN1c2cc(N3CCC(N4CCC(c5ccc6c(c5)CN(C5CCC(=O)NC5=O)C6=O)CC4)CC3)ccc2N2c3cccc(Br)c3C(=O)NC12. The van der Waals surface area contributed by atoms with Gasteiger partial charge in [0, 0.05) is 54.9 Å². The smallest absolute Gasteiger partial charge is 0.257 e. The molecule has 2 unspecified atom stereocenters. The zero-order valence-electron chi connectivity index (χ0n) is 28.0. The fourth-order valence-corrected chi connectivity index (χ4v) is 9.65. The summed E-state index contributed by atoms with van der Waals surface area (Å²) in [5.74, 6) is -0.360. The fourth-order valence-electron chi connectivity index (χ4n) is 9.12.